The molecule has 1 heterocycles. The Morgan fingerprint density at radius 2 is 2.05 bits per heavy atom. The van der Waals surface area contributed by atoms with E-state index in [-0.39, 0.29) is 36.7 Å². The molecule has 2 rings (SSSR count). The summed E-state index contributed by atoms with van der Waals surface area (Å²) in [7, 11) is 3.54. The number of carbonyl (C=O) groups excluding carboxylic acids is 2. The molecule has 1 aliphatic rings. The molecule has 116 valence electrons. The van der Waals surface area contributed by atoms with Gasteiger partial charge in [-0.2, -0.15) is 0 Å². The Bertz CT molecular complexity index is 481. The van der Waals surface area contributed by atoms with E-state index in [1.54, 1.807) is 23.9 Å². The van der Waals surface area contributed by atoms with Crippen LogP contribution in [0.15, 0.2) is 30.3 Å². The summed E-state index contributed by atoms with van der Waals surface area (Å²) in [5, 5.41) is 3.11. The monoisotopic (exact) mass is 311 g/mol. The van der Waals surface area contributed by atoms with Crippen molar-refractivity contribution in [1.29, 1.82) is 0 Å². The molecule has 1 fully saturated rings. The molecule has 0 saturated carbocycles. The number of hydrogen-bond donors (Lipinski definition) is 1. The highest BCUT2D eigenvalue weighted by Gasteiger charge is 2.28. The van der Waals surface area contributed by atoms with Crippen LogP contribution in [0.4, 0.5) is 0 Å². The first-order chi connectivity index (χ1) is 9.58. The van der Waals surface area contributed by atoms with Gasteiger partial charge in [0.2, 0.25) is 11.8 Å². The molecule has 1 N–H and O–H groups in total. The minimum atomic E-state index is -0.389. The van der Waals surface area contributed by atoms with Crippen molar-refractivity contribution in [3.8, 4) is 0 Å². The van der Waals surface area contributed by atoms with Gasteiger partial charge in [0.1, 0.15) is 0 Å². The van der Waals surface area contributed by atoms with Crippen LogP contribution < -0.4 is 5.32 Å². The van der Waals surface area contributed by atoms with Gasteiger partial charge in [-0.3, -0.25) is 9.59 Å². The standard InChI is InChI=1S/C15H21N3O2.ClH/c1-17-9-8-16-13(15(17)20)10-14(19)18(2)11-12-6-4-3-5-7-12;/h3-7,13,16H,8-11H2,1-2H3;1H. The lowest BCUT2D eigenvalue weighted by Crippen LogP contribution is -2.54. The third-order valence-corrected chi connectivity index (χ3v) is 3.58. The molecule has 1 aromatic carbocycles. The van der Waals surface area contributed by atoms with Gasteiger partial charge >= 0.3 is 0 Å². The molecule has 1 saturated heterocycles. The van der Waals surface area contributed by atoms with Crippen molar-refractivity contribution in [2.75, 3.05) is 27.2 Å². The van der Waals surface area contributed by atoms with Crippen LogP contribution in [0, 0.1) is 0 Å². The van der Waals surface area contributed by atoms with Crippen LogP contribution in [0.5, 0.6) is 0 Å². The second kappa shape index (κ2) is 8.00. The third-order valence-electron chi connectivity index (χ3n) is 3.58. The van der Waals surface area contributed by atoms with E-state index in [9.17, 15) is 9.59 Å². The Morgan fingerprint density at radius 3 is 2.71 bits per heavy atom. The maximum absolute atomic E-state index is 12.2. The van der Waals surface area contributed by atoms with Crippen molar-refractivity contribution in [2.24, 2.45) is 0 Å². The first-order valence-electron chi connectivity index (χ1n) is 6.84. The summed E-state index contributed by atoms with van der Waals surface area (Å²) in [5.41, 5.74) is 1.09. The highest BCUT2D eigenvalue weighted by atomic mass is 35.5. The number of halogens is 1. The molecule has 2 amide bonds. The molecule has 1 unspecified atom stereocenters. The molecule has 1 atom stereocenters. The zero-order valence-electron chi connectivity index (χ0n) is 12.4. The molecular weight excluding hydrogens is 290 g/mol. The van der Waals surface area contributed by atoms with E-state index in [4.69, 9.17) is 0 Å². The molecule has 0 aromatic heterocycles. The van der Waals surface area contributed by atoms with Crippen molar-refractivity contribution >= 4 is 24.2 Å². The van der Waals surface area contributed by atoms with Gasteiger partial charge in [-0.25, -0.2) is 0 Å². The quantitative estimate of drug-likeness (QED) is 0.898. The number of piperazine rings is 1. The van der Waals surface area contributed by atoms with Crippen LogP contribution in [0.25, 0.3) is 0 Å². The fourth-order valence-corrected chi connectivity index (χ4v) is 2.31. The SMILES string of the molecule is CN(Cc1ccccc1)C(=O)CC1NCCN(C)C1=O.Cl. The predicted octanol–water partition coefficient (Wildman–Crippen LogP) is 0.887. The van der Waals surface area contributed by atoms with Crippen LogP contribution in [0.2, 0.25) is 0 Å². The highest BCUT2D eigenvalue weighted by molar-refractivity contribution is 5.88. The molecule has 0 aliphatic carbocycles. The zero-order chi connectivity index (χ0) is 14.5. The number of rotatable bonds is 4. The first kappa shape index (κ1) is 17.5. The summed E-state index contributed by atoms with van der Waals surface area (Å²) in [6.45, 7) is 2.00. The van der Waals surface area contributed by atoms with Crippen molar-refractivity contribution in [3.63, 3.8) is 0 Å². The minimum Gasteiger partial charge on any atom is -0.343 e. The Morgan fingerprint density at radius 1 is 1.38 bits per heavy atom. The van der Waals surface area contributed by atoms with E-state index >= 15 is 0 Å². The third kappa shape index (κ3) is 4.72. The van der Waals surface area contributed by atoms with Gasteiger partial charge < -0.3 is 15.1 Å². The largest absolute Gasteiger partial charge is 0.343 e. The molecule has 0 spiro atoms. The number of likely N-dealkylation sites (N-methyl/N-ethyl adjacent to an activating group) is 1. The highest BCUT2D eigenvalue weighted by Crippen LogP contribution is 2.08. The van der Waals surface area contributed by atoms with E-state index in [1.807, 2.05) is 30.3 Å². The topological polar surface area (TPSA) is 52.7 Å². The molecular formula is C15H22ClN3O2. The van der Waals surface area contributed by atoms with Crippen LogP contribution in [0.3, 0.4) is 0 Å². The van der Waals surface area contributed by atoms with Gasteiger partial charge in [-0.05, 0) is 5.56 Å². The van der Waals surface area contributed by atoms with Gasteiger partial charge in [0.25, 0.3) is 0 Å². The van der Waals surface area contributed by atoms with E-state index in [0.29, 0.717) is 13.1 Å². The summed E-state index contributed by atoms with van der Waals surface area (Å²) in [6, 6.07) is 9.44. The molecule has 0 radical (unpaired) electrons. The summed E-state index contributed by atoms with van der Waals surface area (Å²) in [5.74, 6) is -0.0206. The van der Waals surface area contributed by atoms with E-state index in [1.165, 1.54) is 0 Å². The molecule has 5 nitrogen and oxygen atoms in total. The van der Waals surface area contributed by atoms with Gasteiger partial charge in [0, 0.05) is 33.7 Å². The van der Waals surface area contributed by atoms with Crippen molar-refractivity contribution in [3.05, 3.63) is 35.9 Å². The predicted molar refractivity (Wildman–Crippen MR) is 84.2 cm³/mol. The Labute approximate surface area is 131 Å². The molecule has 21 heavy (non-hydrogen) atoms. The van der Waals surface area contributed by atoms with Crippen LogP contribution >= 0.6 is 12.4 Å². The maximum atomic E-state index is 12.2. The number of benzene rings is 1. The fraction of sp³-hybridized carbons (Fsp3) is 0.467. The van der Waals surface area contributed by atoms with Crippen molar-refractivity contribution in [1.82, 2.24) is 15.1 Å². The zero-order valence-corrected chi connectivity index (χ0v) is 13.2. The van der Waals surface area contributed by atoms with Crippen LogP contribution in [-0.4, -0.2) is 54.8 Å². The average molecular weight is 312 g/mol. The maximum Gasteiger partial charge on any atom is 0.240 e. The number of nitrogens with zero attached hydrogens (tertiary/aromatic N) is 2. The van der Waals surface area contributed by atoms with Crippen molar-refractivity contribution < 1.29 is 9.59 Å². The lowest BCUT2D eigenvalue weighted by molar-refractivity contribution is -0.139. The average Bonchev–Trinajstić information content (AvgIpc) is 2.45. The molecule has 0 bridgehead atoms. The lowest BCUT2D eigenvalue weighted by atomic mass is 10.1. The number of nitrogens with one attached hydrogen (secondary N) is 1. The van der Waals surface area contributed by atoms with Gasteiger partial charge in [0.15, 0.2) is 0 Å². The normalized spacial score (nSPS) is 18.1. The Balaban J connectivity index is 0.00000220. The van der Waals surface area contributed by atoms with E-state index < -0.39 is 0 Å². The summed E-state index contributed by atoms with van der Waals surface area (Å²) in [6.07, 6.45) is 0.215. The summed E-state index contributed by atoms with van der Waals surface area (Å²) >= 11 is 0. The fourth-order valence-electron chi connectivity index (χ4n) is 2.31. The van der Waals surface area contributed by atoms with E-state index in [2.05, 4.69) is 5.32 Å². The second-order valence-corrected chi connectivity index (χ2v) is 5.21. The molecule has 1 aromatic rings. The number of carbonyl (C=O) groups is 2. The minimum absolute atomic E-state index is 0. The van der Waals surface area contributed by atoms with Crippen LogP contribution in [0.1, 0.15) is 12.0 Å². The van der Waals surface area contributed by atoms with E-state index in [0.717, 1.165) is 12.1 Å². The molecule has 1 aliphatic heterocycles. The number of amides is 2. The lowest BCUT2D eigenvalue weighted by Gasteiger charge is -2.31. The Hall–Kier alpha value is -1.59. The number of hydrogen-bond acceptors (Lipinski definition) is 3. The van der Waals surface area contributed by atoms with Crippen LogP contribution in [-0.2, 0) is 16.1 Å². The Kier molecular flexibility index (Phi) is 6.65. The smallest absolute Gasteiger partial charge is 0.240 e. The van der Waals surface area contributed by atoms with Gasteiger partial charge in [-0.1, -0.05) is 30.3 Å². The van der Waals surface area contributed by atoms with Gasteiger partial charge in [0.05, 0.1) is 12.5 Å². The van der Waals surface area contributed by atoms with Gasteiger partial charge in [-0.15, -0.1) is 12.4 Å². The van der Waals surface area contributed by atoms with Crippen molar-refractivity contribution in [2.45, 2.75) is 19.0 Å². The molecule has 6 heteroatoms. The second-order valence-electron chi connectivity index (χ2n) is 5.21. The summed E-state index contributed by atoms with van der Waals surface area (Å²) < 4.78 is 0. The summed E-state index contributed by atoms with van der Waals surface area (Å²) in [4.78, 5) is 27.5. The first-order valence-corrected chi connectivity index (χ1v) is 6.84.